The minimum absolute atomic E-state index is 0.351. The van der Waals surface area contributed by atoms with Gasteiger partial charge in [-0.15, -0.1) is 0 Å². The summed E-state index contributed by atoms with van der Waals surface area (Å²) >= 11 is 0. The number of nitrogens with two attached hydrogens (primary N) is 1. The van der Waals surface area contributed by atoms with Crippen LogP contribution in [0.1, 0.15) is 5.56 Å². The van der Waals surface area contributed by atoms with E-state index in [4.69, 9.17) is 5.84 Å². The third-order valence-electron chi connectivity index (χ3n) is 1.97. The third-order valence-corrected chi connectivity index (χ3v) is 1.97. The van der Waals surface area contributed by atoms with Crippen LogP contribution in [-0.4, -0.2) is 19.1 Å². The molecule has 0 bridgehead atoms. The number of esters is 1. The number of carbonyl (C=O) groups excluding carboxylic acids is 1. The largest absolute Gasteiger partial charge is 0.468 e. The zero-order valence-corrected chi connectivity index (χ0v) is 8.07. The highest BCUT2D eigenvalue weighted by molar-refractivity contribution is 5.75. The number of hydrogen-bond acceptors (Lipinski definition) is 4. The summed E-state index contributed by atoms with van der Waals surface area (Å²) in [5.41, 5.74) is 3.47. The molecular weight excluding hydrogens is 180 g/mol. The maximum atomic E-state index is 11.2. The highest BCUT2D eigenvalue weighted by Gasteiger charge is 2.17. The fraction of sp³-hybridized carbons (Fsp3) is 0.300. The fourth-order valence-corrected chi connectivity index (χ4v) is 1.20. The van der Waals surface area contributed by atoms with Crippen molar-refractivity contribution in [3.05, 3.63) is 35.9 Å². The smallest absolute Gasteiger partial charge is 0.324 e. The van der Waals surface area contributed by atoms with Gasteiger partial charge < -0.3 is 4.74 Å². The summed E-state index contributed by atoms with van der Waals surface area (Å²) in [7, 11) is 1.34. The normalized spacial score (nSPS) is 12.1. The molecule has 0 saturated carbocycles. The van der Waals surface area contributed by atoms with Gasteiger partial charge in [-0.2, -0.15) is 0 Å². The Balaban J connectivity index is 2.62. The average molecular weight is 194 g/mol. The highest BCUT2D eigenvalue weighted by atomic mass is 16.5. The van der Waals surface area contributed by atoms with Gasteiger partial charge in [0.25, 0.3) is 0 Å². The van der Waals surface area contributed by atoms with Crippen molar-refractivity contribution in [3.63, 3.8) is 0 Å². The zero-order valence-electron chi connectivity index (χ0n) is 8.07. The maximum Gasteiger partial charge on any atom is 0.324 e. The molecule has 0 aliphatic carbocycles. The molecule has 76 valence electrons. The molecule has 0 spiro atoms. The van der Waals surface area contributed by atoms with Crippen molar-refractivity contribution in [3.8, 4) is 0 Å². The van der Waals surface area contributed by atoms with Crippen LogP contribution in [-0.2, 0) is 16.0 Å². The summed E-state index contributed by atoms with van der Waals surface area (Å²) in [6.45, 7) is 0. The SMILES string of the molecule is COC(=O)[C@H](Cc1ccccc1)NN. The van der Waals surface area contributed by atoms with Crippen LogP contribution in [0.4, 0.5) is 0 Å². The van der Waals surface area contributed by atoms with Gasteiger partial charge >= 0.3 is 5.97 Å². The molecule has 0 saturated heterocycles. The molecular formula is C10H14N2O2. The van der Waals surface area contributed by atoms with E-state index in [9.17, 15) is 4.79 Å². The second-order valence-electron chi connectivity index (χ2n) is 2.93. The Bertz CT molecular complexity index is 287. The molecule has 0 unspecified atom stereocenters. The fourth-order valence-electron chi connectivity index (χ4n) is 1.20. The summed E-state index contributed by atoms with van der Waals surface area (Å²) in [5, 5.41) is 0. The van der Waals surface area contributed by atoms with Gasteiger partial charge in [0.15, 0.2) is 0 Å². The summed E-state index contributed by atoms with van der Waals surface area (Å²) in [6.07, 6.45) is 0.532. The standard InChI is InChI=1S/C10H14N2O2/c1-14-10(13)9(12-11)7-8-5-3-2-4-6-8/h2-6,9,12H,7,11H2,1H3/t9-/m0/s1. The minimum atomic E-state index is -0.484. The highest BCUT2D eigenvalue weighted by Crippen LogP contribution is 2.03. The van der Waals surface area contributed by atoms with E-state index < -0.39 is 6.04 Å². The summed E-state index contributed by atoms with van der Waals surface area (Å²) in [5.74, 6) is 4.90. The van der Waals surface area contributed by atoms with Crippen LogP contribution in [0, 0.1) is 0 Å². The number of rotatable bonds is 4. The first kappa shape index (κ1) is 10.7. The van der Waals surface area contributed by atoms with E-state index in [0.29, 0.717) is 6.42 Å². The van der Waals surface area contributed by atoms with Gasteiger partial charge in [-0.3, -0.25) is 10.6 Å². The van der Waals surface area contributed by atoms with Gasteiger partial charge in [0, 0.05) is 0 Å². The first-order valence-corrected chi connectivity index (χ1v) is 4.36. The van der Waals surface area contributed by atoms with Crippen LogP contribution >= 0.6 is 0 Å². The Morgan fingerprint density at radius 1 is 1.50 bits per heavy atom. The molecule has 0 heterocycles. The number of methoxy groups -OCH3 is 1. The van der Waals surface area contributed by atoms with Crippen molar-refractivity contribution in [2.75, 3.05) is 7.11 Å². The van der Waals surface area contributed by atoms with Crippen LogP contribution in [0.2, 0.25) is 0 Å². The molecule has 4 nitrogen and oxygen atoms in total. The second kappa shape index (κ2) is 5.36. The Morgan fingerprint density at radius 2 is 2.14 bits per heavy atom. The summed E-state index contributed by atoms with van der Waals surface area (Å²) in [6, 6.07) is 9.15. The van der Waals surface area contributed by atoms with E-state index in [2.05, 4.69) is 10.2 Å². The van der Waals surface area contributed by atoms with Gasteiger partial charge in [0.1, 0.15) is 6.04 Å². The maximum absolute atomic E-state index is 11.2. The predicted octanol–water partition coefficient (Wildman–Crippen LogP) is 0.234. The lowest BCUT2D eigenvalue weighted by Gasteiger charge is -2.12. The van der Waals surface area contributed by atoms with Gasteiger partial charge in [0.05, 0.1) is 7.11 Å². The van der Waals surface area contributed by atoms with Crippen LogP contribution in [0.3, 0.4) is 0 Å². The van der Waals surface area contributed by atoms with E-state index in [1.54, 1.807) is 0 Å². The molecule has 1 aromatic carbocycles. The van der Waals surface area contributed by atoms with Crippen LogP contribution in [0.5, 0.6) is 0 Å². The van der Waals surface area contributed by atoms with Crippen LogP contribution in [0.25, 0.3) is 0 Å². The first-order chi connectivity index (χ1) is 6.77. The van der Waals surface area contributed by atoms with Crippen molar-refractivity contribution in [1.29, 1.82) is 0 Å². The van der Waals surface area contributed by atoms with Crippen molar-refractivity contribution in [2.45, 2.75) is 12.5 Å². The van der Waals surface area contributed by atoms with Gasteiger partial charge in [0.2, 0.25) is 0 Å². The molecule has 0 fully saturated rings. The minimum Gasteiger partial charge on any atom is -0.468 e. The average Bonchev–Trinajstić information content (AvgIpc) is 2.26. The second-order valence-corrected chi connectivity index (χ2v) is 2.93. The Kier molecular flexibility index (Phi) is 4.10. The van der Waals surface area contributed by atoms with Crippen molar-refractivity contribution in [2.24, 2.45) is 5.84 Å². The van der Waals surface area contributed by atoms with Crippen molar-refractivity contribution < 1.29 is 9.53 Å². The Morgan fingerprint density at radius 3 is 2.64 bits per heavy atom. The summed E-state index contributed by atoms with van der Waals surface area (Å²) < 4.78 is 4.59. The van der Waals surface area contributed by atoms with E-state index in [0.717, 1.165) is 5.56 Å². The molecule has 0 radical (unpaired) electrons. The van der Waals surface area contributed by atoms with E-state index in [-0.39, 0.29) is 5.97 Å². The van der Waals surface area contributed by atoms with Crippen molar-refractivity contribution in [1.82, 2.24) is 5.43 Å². The molecule has 3 N–H and O–H groups in total. The van der Waals surface area contributed by atoms with Gasteiger partial charge in [-0.1, -0.05) is 30.3 Å². The number of carbonyl (C=O) groups is 1. The Hall–Kier alpha value is -1.39. The molecule has 0 aliphatic heterocycles. The van der Waals surface area contributed by atoms with Crippen LogP contribution < -0.4 is 11.3 Å². The lowest BCUT2D eigenvalue weighted by molar-refractivity contribution is -0.143. The molecule has 1 atom stereocenters. The van der Waals surface area contributed by atoms with Gasteiger partial charge in [-0.25, -0.2) is 5.43 Å². The number of hydrazine groups is 1. The molecule has 0 aromatic heterocycles. The predicted molar refractivity (Wildman–Crippen MR) is 53.3 cm³/mol. The molecule has 1 aromatic rings. The quantitative estimate of drug-likeness (QED) is 0.409. The molecule has 4 heteroatoms. The van der Waals surface area contributed by atoms with Gasteiger partial charge in [-0.05, 0) is 12.0 Å². The molecule has 14 heavy (non-hydrogen) atoms. The number of nitrogens with one attached hydrogen (secondary N) is 1. The topological polar surface area (TPSA) is 64.3 Å². The number of benzene rings is 1. The zero-order chi connectivity index (χ0) is 10.4. The summed E-state index contributed by atoms with van der Waals surface area (Å²) in [4.78, 5) is 11.2. The lowest BCUT2D eigenvalue weighted by atomic mass is 10.1. The van der Waals surface area contributed by atoms with E-state index >= 15 is 0 Å². The molecule has 1 rings (SSSR count). The monoisotopic (exact) mass is 194 g/mol. The lowest BCUT2D eigenvalue weighted by Crippen LogP contribution is -2.43. The third kappa shape index (κ3) is 2.83. The molecule has 0 aliphatic rings. The van der Waals surface area contributed by atoms with E-state index in [1.165, 1.54) is 7.11 Å². The molecule has 0 amide bonds. The first-order valence-electron chi connectivity index (χ1n) is 4.36. The Labute approximate surface area is 83.0 Å². The number of hydrogen-bond donors (Lipinski definition) is 2. The van der Waals surface area contributed by atoms with Crippen LogP contribution in [0.15, 0.2) is 30.3 Å². The van der Waals surface area contributed by atoms with E-state index in [1.807, 2.05) is 30.3 Å². The number of ether oxygens (including phenoxy) is 1. The van der Waals surface area contributed by atoms with Crippen molar-refractivity contribution >= 4 is 5.97 Å².